The molecule has 0 radical (unpaired) electrons. The highest BCUT2D eigenvalue weighted by molar-refractivity contribution is 5.84. The SMILES string of the molecule is CC(C)C1(C(=O)N2CCN(c3cc(C(F)(F)F)ccn3)CC2)CCC(NC2Cc3ccccc3C2)C1. The molecule has 2 aromatic rings. The summed E-state index contributed by atoms with van der Waals surface area (Å²) >= 11 is 0. The number of hydrogen-bond acceptors (Lipinski definition) is 4. The lowest BCUT2D eigenvalue weighted by Crippen LogP contribution is -2.54. The van der Waals surface area contributed by atoms with Gasteiger partial charge in [0.05, 0.1) is 11.0 Å². The zero-order chi connectivity index (χ0) is 25.5. The van der Waals surface area contributed by atoms with Crippen LogP contribution >= 0.6 is 0 Å². The van der Waals surface area contributed by atoms with Crippen LogP contribution in [0.4, 0.5) is 19.0 Å². The second-order valence-corrected chi connectivity index (χ2v) is 11.0. The molecule has 1 amide bonds. The van der Waals surface area contributed by atoms with Crippen molar-refractivity contribution in [2.75, 3.05) is 31.1 Å². The predicted molar refractivity (Wildman–Crippen MR) is 134 cm³/mol. The average Bonchev–Trinajstić information content (AvgIpc) is 3.48. The molecule has 2 heterocycles. The average molecular weight is 501 g/mol. The molecular formula is C28H35F3N4O. The third-order valence-electron chi connectivity index (χ3n) is 8.57. The topological polar surface area (TPSA) is 48.5 Å². The second-order valence-electron chi connectivity index (χ2n) is 11.0. The molecule has 0 bridgehead atoms. The van der Waals surface area contributed by atoms with E-state index in [1.807, 2.05) is 9.80 Å². The highest BCUT2D eigenvalue weighted by Crippen LogP contribution is 2.46. The minimum atomic E-state index is -4.40. The number of benzene rings is 1. The van der Waals surface area contributed by atoms with Crippen molar-refractivity contribution in [1.29, 1.82) is 0 Å². The van der Waals surface area contributed by atoms with E-state index in [-0.39, 0.29) is 17.2 Å². The fourth-order valence-electron chi connectivity index (χ4n) is 6.41. The van der Waals surface area contributed by atoms with E-state index in [9.17, 15) is 18.0 Å². The Morgan fingerprint density at radius 2 is 1.72 bits per heavy atom. The van der Waals surface area contributed by atoms with Crippen LogP contribution in [0.1, 0.15) is 49.8 Å². The molecule has 36 heavy (non-hydrogen) atoms. The Bertz CT molecular complexity index is 1070. The van der Waals surface area contributed by atoms with Gasteiger partial charge in [-0.25, -0.2) is 4.98 Å². The molecule has 1 saturated heterocycles. The normalized spacial score (nSPS) is 25.0. The zero-order valence-corrected chi connectivity index (χ0v) is 21.0. The number of nitrogens with one attached hydrogen (secondary N) is 1. The van der Waals surface area contributed by atoms with Crippen LogP contribution in [0.25, 0.3) is 0 Å². The number of alkyl halides is 3. The number of pyridine rings is 1. The summed E-state index contributed by atoms with van der Waals surface area (Å²) < 4.78 is 39.4. The van der Waals surface area contributed by atoms with E-state index < -0.39 is 11.7 Å². The Hall–Kier alpha value is -2.61. The van der Waals surface area contributed by atoms with E-state index in [0.717, 1.165) is 44.2 Å². The summed E-state index contributed by atoms with van der Waals surface area (Å²) in [7, 11) is 0. The van der Waals surface area contributed by atoms with E-state index in [1.165, 1.54) is 17.3 Å². The van der Waals surface area contributed by atoms with Crippen LogP contribution in [0.5, 0.6) is 0 Å². The van der Waals surface area contributed by atoms with Gasteiger partial charge in [-0.3, -0.25) is 4.79 Å². The maximum atomic E-state index is 13.9. The number of carbonyl (C=O) groups is 1. The van der Waals surface area contributed by atoms with Gasteiger partial charge >= 0.3 is 6.18 Å². The van der Waals surface area contributed by atoms with E-state index in [1.54, 1.807) is 0 Å². The van der Waals surface area contributed by atoms with Gasteiger partial charge < -0.3 is 15.1 Å². The molecule has 194 valence electrons. The number of fused-ring (bicyclic) bond motifs is 1. The molecule has 8 heteroatoms. The lowest BCUT2D eigenvalue weighted by Gasteiger charge is -2.42. The zero-order valence-electron chi connectivity index (χ0n) is 21.0. The third kappa shape index (κ3) is 4.84. The van der Waals surface area contributed by atoms with Crippen molar-refractivity contribution in [2.45, 2.75) is 64.2 Å². The van der Waals surface area contributed by atoms with Crippen LogP contribution in [0.2, 0.25) is 0 Å². The Balaban J connectivity index is 1.20. The minimum Gasteiger partial charge on any atom is -0.353 e. The summed E-state index contributed by atoms with van der Waals surface area (Å²) in [4.78, 5) is 21.8. The van der Waals surface area contributed by atoms with Gasteiger partial charge in [-0.05, 0) is 61.3 Å². The molecule has 1 aromatic carbocycles. The number of carbonyl (C=O) groups excluding carboxylic acids is 1. The number of aromatic nitrogens is 1. The molecule has 3 aliphatic rings. The van der Waals surface area contributed by atoms with Crippen molar-refractivity contribution in [1.82, 2.24) is 15.2 Å². The first kappa shape index (κ1) is 25.1. The first-order valence-corrected chi connectivity index (χ1v) is 13.1. The van der Waals surface area contributed by atoms with Gasteiger partial charge in [0, 0.05) is 44.5 Å². The molecule has 1 N–H and O–H groups in total. The Morgan fingerprint density at radius 3 is 2.33 bits per heavy atom. The van der Waals surface area contributed by atoms with E-state index in [2.05, 4.69) is 48.4 Å². The fourth-order valence-corrected chi connectivity index (χ4v) is 6.41. The molecule has 1 aliphatic heterocycles. The molecular weight excluding hydrogens is 465 g/mol. The standard InChI is InChI=1S/C28H35F3N4O/c1-19(2)27(9-7-23(18-27)33-24-15-20-5-3-4-6-21(20)16-24)26(36)35-13-11-34(12-14-35)25-17-22(8-10-32-25)28(29,30)31/h3-6,8,10,17,19,23-24,33H,7,9,11-16,18H2,1-2H3. The maximum absolute atomic E-state index is 13.9. The Labute approximate surface area is 211 Å². The van der Waals surface area contributed by atoms with Crippen molar-refractivity contribution in [3.05, 3.63) is 59.3 Å². The number of anilines is 1. The minimum absolute atomic E-state index is 0.202. The molecule has 1 saturated carbocycles. The molecule has 2 fully saturated rings. The predicted octanol–water partition coefficient (Wildman–Crippen LogP) is 4.70. The molecule has 2 aliphatic carbocycles. The number of rotatable bonds is 5. The van der Waals surface area contributed by atoms with Crippen LogP contribution in [0.3, 0.4) is 0 Å². The summed E-state index contributed by atoms with van der Waals surface area (Å²) in [6, 6.07) is 11.5. The highest BCUT2D eigenvalue weighted by Gasteiger charge is 2.50. The molecule has 5 rings (SSSR count). The van der Waals surface area contributed by atoms with Gasteiger partial charge in [-0.15, -0.1) is 0 Å². The smallest absolute Gasteiger partial charge is 0.353 e. The quantitative estimate of drug-likeness (QED) is 0.647. The van der Waals surface area contributed by atoms with Crippen LogP contribution in [0, 0.1) is 11.3 Å². The second kappa shape index (κ2) is 9.69. The Kier molecular flexibility index (Phi) is 6.74. The Morgan fingerprint density at radius 1 is 1.06 bits per heavy atom. The molecule has 0 spiro atoms. The first-order chi connectivity index (χ1) is 17.2. The lowest BCUT2D eigenvalue weighted by molar-refractivity contribution is -0.145. The van der Waals surface area contributed by atoms with Crippen molar-refractivity contribution in [2.24, 2.45) is 11.3 Å². The van der Waals surface area contributed by atoms with Gasteiger partial charge in [0.15, 0.2) is 0 Å². The third-order valence-corrected chi connectivity index (χ3v) is 8.57. The van der Waals surface area contributed by atoms with Gasteiger partial charge in [0.25, 0.3) is 0 Å². The summed E-state index contributed by atoms with van der Waals surface area (Å²) in [5, 5.41) is 3.86. The molecule has 5 nitrogen and oxygen atoms in total. The van der Waals surface area contributed by atoms with Gasteiger partial charge in [0.2, 0.25) is 5.91 Å². The van der Waals surface area contributed by atoms with E-state index in [0.29, 0.717) is 44.1 Å². The van der Waals surface area contributed by atoms with Crippen LogP contribution in [0.15, 0.2) is 42.6 Å². The summed E-state index contributed by atoms with van der Waals surface area (Å²) in [6.45, 7) is 6.26. The number of halogens is 3. The van der Waals surface area contributed by atoms with Crippen LogP contribution in [-0.4, -0.2) is 54.1 Å². The fraction of sp³-hybridized carbons (Fsp3) is 0.571. The number of piperazine rings is 1. The van der Waals surface area contributed by atoms with E-state index in [4.69, 9.17) is 0 Å². The number of amides is 1. The van der Waals surface area contributed by atoms with Gasteiger partial charge in [-0.2, -0.15) is 13.2 Å². The highest BCUT2D eigenvalue weighted by atomic mass is 19.4. The summed E-state index contributed by atoms with van der Waals surface area (Å²) in [6.07, 6.45) is 1.60. The van der Waals surface area contributed by atoms with Crippen LogP contribution in [-0.2, 0) is 23.8 Å². The van der Waals surface area contributed by atoms with Gasteiger partial charge in [0.1, 0.15) is 5.82 Å². The monoisotopic (exact) mass is 500 g/mol. The van der Waals surface area contributed by atoms with Crippen molar-refractivity contribution in [3.63, 3.8) is 0 Å². The van der Waals surface area contributed by atoms with Crippen molar-refractivity contribution < 1.29 is 18.0 Å². The van der Waals surface area contributed by atoms with Crippen molar-refractivity contribution in [3.8, 4) is 0 Å². The van der Waals surface area contributed by atoms with E-state index >= 15 is 0 Å². The largest absolute Gasteiger partial charge is 0.416 e. The maximum Gasteiger partial charge on any atom is 0.416 e. The number of nitrogens with zero attached hydrogens (tertiary/aromatic N) is 3. The molecule has 1 aromatic heterocycles. The summed E-state index contributed by atoms with van der Waals surface area (Å²) in [5.74, 6) is 0.743. The summed E-state index contributed by atoms with van der Waals surface area (Å²) in [5.41, 5.74) is 1.76. The first-order valence-electron chi connectivity index (χ1n) is 13.1. The molecule has 2 unspecified atom stereocenters. The number of hydrogen-bond donors (Lipinski definition) is 1. The van der Waals surface area contributed by atoms with Gasteiger partial charge in [-0.1, -0.05) is 38.1 Å². The lowest BCUT2D eigenvalue weighted by atomic mass is 9.74. The van der Waals surface area contributed by atoms with Crippen molar-refractivity contribution >= 4 is 11.7 Å². The van der Waals surface area contributed by atoms with Crippen LogP contribution < -0.4 is 10.2 Å². The molecule has 2 atom stereocenters.